The number of rotatable bonds is 5. The summed E-state index contributed by atoms with van der Waals surface area (Å²) in [4.78, 5) is 0. The first-order valence-electron chi connectivity index (χ1n) is 7.55. The van der Waals surface area contributed by atoms with E-state index in [4.69, 9.17) is 10.5 Å². The van der Waals surface area contributed by atoms with Crippen molar-refractivity contribution in [3.63, 3.8) is 0 Å². The zero-order valence-corrected chi connectivity index (χ0v) is 15.2. The smallest absolute Gasteiger partial charge is 0.145 e. The van der Waals surface area contributed by atoms with Gasteiger partial charge in [-0.1, -0.05) is 39.7 Å². The summed E-state index contributed by atoms with van der Waals surface area (Å²) in [6, 6.07) is 8.56. The topological polar surface area (TPSA) is 35.2 Å². The van der Waals surface area contributed by atoms with Crippen molar-refractivity contribution in [1.29, 1.82) is 0 Å². The first kappa shape index (κ1) is 17.5. The minimum atomic E-state index is -0.220. The lowest BCUT2D eigenvalue weighted by Gasteiger charge is -2.15. The van der Waals surface area contributed by atoms with E-state index in [1.807, 2.05) is 32.9 Å². The fourth-order valence-electron chi connectivity index (χ4n) is 2.50. The molecule has 0 fully saturated rings. The maximum absolute atomic E-state index is 13.0. The van der Waals surface area contributed by atoms with Crippen LogP contribution >= 0.6 is 15.9 Å². The molecule has 0 aliphatic rings. The van der Waals surface area contributed by atoms with Crippen molar-refractivity contribution >= 4 is 27.7 Å². The molecule has 0 heterocycles. The standard InChI is InChI=1S/C19H21BrFNO/c1-4-23-19-13(3)11-17(20)16(18(19)22)10-12(2)9-14-5-7-15(21)8-6-14/h5-8,10-11H,4,9,22H2,1-3H3/b12-10+. The number of nitrogen functional groups attached to an aromatic ring is 1. The van der Waals surface area contributed by atoms with Gasteiger partial charge in [0.15, 0.2) is 0 Å². The number of halogens is 2. The molecule has 2 aromatic rings. The van der Waals surface area contributed by atoms with E-state index < -0.39 is 0 Å². The Hall–Kier alpha value is -1.81. The number of nitrogens with two attached hydrogens (primary N) is 1. The summed E-state index contributed by atoms with van der Waals surface area (Å²) in [5.74, 6) is 0.513. The predicted octanol–water partition coefficient (Wildman–Crippen LogP) is 5.52. The number of ether oxygens (including phenoxy) is 1. The van der Waals surface area contributed by atoms with Crippen LogP contribution in [0.1, 0.15) is 30.5 Å². The maximum Gasteiger partial charge on any atom is 0.145 e. The maximum atomic E-state index is 13.0. The molecule has 2 aromatic carbocycles. The Balaban J connectivity index is 2.33. The van der Waals surface area contributed by atoms with Crippen molar-refractivity contribution in [2.24, 2.45) is 0 Å². The minimum Gasteiger partial charge on any atom is -0.491 e. The van der Waals surface area contributed by atoms with Crippen LogP contribution in [0.4, 0.5) is 10.1 Å². The highest BCUT2D eigenvalue weighted by molar-refractivity contribution is 9.10. The zero-order chi connectivity index (χ0) is 17.0. The molecule has 122 valence electrons. The van der Waals surface area contributed by atoms with E-state index in [0.29, 0.717) is 12.3 Å². The summed E-state index contributed by atoms with van der Waals surface area (Å²) in [5.41, 5.74) is 11.0. The van der Waals surface area contributed by atoms with Gasteiger partial charge in [-0.05, 0) is 56.5 Å². The van der Waals surface area contributed by atoms with Crippen molar-refractivity contribution < 1.29 is 9.13 Å². The molecule has 23 heavy (non-hydrogen) atoms. The first-order chi connectivity index (χ1) is 10.9. The van der Waals surface area contributed by atoms with Gasteiger partial charge in [0, 0.05) is 10.0 Å². The van der Waals surface area contributed by atoms with Gasteiger partial charge >= 0.3 is 0 Å². The number of benzene rings is 2. The van der Waals surface area contributed by atoms with Gasteiger partial charge in [0.1, 0.15) is 11.6 Å². The largest absolute Gasteiger partial charge is 0.491 e. The van der Waals surface area contributed by atoms with Crippen LogP contribution in [-0.4, -0.2) is 6.61 Å². The number of anilines is 1. The summed E-state index contributed by atoms with van der Waals surface area (Å²) >= 11 is 3.58. The van der Waals surface area contributed by atoms with Crippen LogP contribution in [0.3, 0.4) is 0 Å². The molecule has 0 aliphatic heterocycles. The average Bonchev–Trinajstić information content (AvgIpc) is 2.50. The summed E-state index contributed by atoms with van der Waals surface area (Å²) in [6.07, 6.45) is 2.79. The van der Waals surface area contributed by atoms with Gasteiger partial charge in [0.05, 0.1) is 12.3 Å². The van der Waals surface area contributed by atoms with Crippen molar-refractivity contribution in [2.75, 3.05) is 12.3 Å². The lowest BCUT2D eigenvalue weighted by Crippen LogP contribution is -2.02. The highest BCUT2D eigenvalue weighted by Crippen LogP contribution is 2.36. The molecule has 0 aliphatic carbocycles. The SMILES string of the molecule is CCOc1c(C)cc(Br)c(/C=C(\C)Cc2ccc(F)cc2)c1N. The second-order valence-corrected chi connectivity index (χ2v) is 6.41. The lowest BCUT2D eigenvalue weighted by atomic mass is 10.0. The van der Waals surface area contributed by atoms with Gasteiger partial charge < -0.3 is 10.5 Å². The van der Waals surface area contributed by atoms with E-state index in [1.165, 1.54) is 12.1 Å². The Morgan fingerprint density at radius 2 is 1.96 bits per heavy atom. The molecular weight excluding hydrogens is 357 g/mol. The predicted molar refractivity (Wildman–Crippen MR) is 98.2 cm³/mol. The molecule has 0 bridgehead atoms. The van der Waals surface area contributed by atoms with Crippen molar-refractivity contribution in [2.45, 2.75) is 27.2 Å². The lowest BCUT2D eigenvalue weighted by molar-refractivity contribution is 0.339. The average molecular weight is 378 g/mol. The number of allylic oxidation sites excluding steroid dienone is 1. The van der Waals surface area contributed by atoms with Crippen LogP contribution in [0.5, 0.6) is 5.75 Å². The van der Waals surface area contributed by atoms with E-state index in [2.05, 4.69) is 15.9 Å². The highest BCUT2D eigenvalue weighted by atomic mass is 79.9. The highest BCUT2D eigenvalue weighted by Gasteiger charge is 2.12. The number of hydrogen-bond donors (Lipinski definition) is 1. The van der Waals surface area contributed by atoms with E-state index in [0.717, 1.165) is 38.9 Å². The van der Waals surface area contributed by atoms with Crippen LogP contribution in [0, 0.1) is 12.7 Å². The first-order valence-corrected chi connectivity index (χ1v) is 8.34. The van der Waals surface area contributed by atoms with Gasteiger partial charge in [-0.3, -0.25) is 0 Å². The van der Waals surface area contributed by atoms with Gasteiger partial charge in [-0.15, -0.1) is 0 Å². The second kappa shape index (κ2) is 7.64. The molecule has 2 nitrogen and oxygen atoms in total. The van der Waals surface area contributed by atoms with Crippen LogP contribution in [0.15, 0.2) is 40.4 Å². The van der Waals surface area contributed by atoms with Gasteiger partial charge in [-0.25, -0.2) is 4.39 Å². The molecule has 0 unspecified atom stereocenters. The normalized spacial score (nSPS) is 11.6. The van der Waals surface area contributed by atoms with Crippen LogP contribution < -0.4 is 10.5 Å². The number of hydrogen-bond acceptors (Lipinski definition) is 2. The third-order valence-corrected chi connectivity index (χ3v) is 4.23. The quantitative estimate of drug-likeness (QED) is 0.695. The molecule has 0 saturated heterocycles. The second-order valence-electron chi connectivity index (χ2n) is 5.56. The molecule has 0 aromatic heterocycles. The summed E-state index contributed by atoms with van der Waals surface area (Å²) in [6.45, 7) is 6.53. The molecule has 2 N–H and O–H groups in total. The zero-order valence-electron chi connectivity index (χ0n) is 13.6. The summed E-state index contributed by atoms with van der Waals surface area (Å²) in [7, 11) is 0. The Labute approximate surface area is 145 Å². The Morgan fingerprint density at radius 1 is 1.30 bits per heavy atom. The molecule has 0 amide bonds. The van der Waals surface area contributed by atoms with E-state index in [-0.39, 0.29) is 5.82 Å². The van der Waals surface area contributed by atoms with Crippen molar-refractivity contribution in [3.05, 3.63) is 62.9 Å². The molecule has 2 rings (SSSR count). The van der Waals surface area contributed by atoms with Gasteiger partial charge in [0.25, 0.3) is 0 Å². The van der Waals surface area contributed by atoms with Crippen LogP contribution in [0.25, 0.3) is 6.08 Å². The summed E-state index contributed by atoms with van der Waals surface area (Å²) < 4.78 is 19.6. The van der Waals surface area contributed by atoms with Gasteiger partial charge in [-0.2, -0.15) is 0 Å². The third kappa shape index (κ3) is 4.35. The molecular formula is C19H21BrFNO. The summed E-state index contributed by atoms with van der Waals surface area (Å²) in [5, 5.41) is 0. The molecule has 0 spiro atoms. The monoisotopic (exact) mass is 377 g/mol. The van der Waals surface area contributed by atoms with Crippen LogP contribution in [-0.2, 0) is 6.42 Å². The molecule has 0 saturated carbocycles. The number of aryl methyl sites for hydroxylation is 1. The fraction of sp³-hybridized carbons (Fsp3) is 0.263. The van der Waals surface area contributed by atoms with Crippen LogP contribution in [0.2, 0.25) is 0 Å². The fourth-order valence-corrected chi connectivity index (χ4v) is 3.17. The molecule has 0 atom stereocenters. The van der Waals surface area contributed by atoms with Gasteiger partial charge in [0.2, 0.25) is 0 Å². The Kier molecular flexibility index (Phi) is 5.83. The minimum absolute atomic E-state index is 0.220. The van der Waals surface area contributed by atoms with E-state index >= 15 is 0 Å². The molecule has 4 heteroatoms. The van der Waals surface area contributed by atoms with Crippen molar-refractivity contribution in [3.8, 4) is 5.75 Å². The van der Waals surface area contributed by atoms with Crippen molar-refractivity contribution in [1.82, 2.24) is 0 Å². The Morgan fingerprint density at radius 3 is 2.57 bits per heavy atom. The van der Waals surface area contributed by atoms with E-state index in [9.17, 15) is 4.39 Å². The Bertz CT molecular complexity index is 723. The third-order valence-electron chi connectivity index (χ3n) is 3.57. The molecule has 0 radical (unpaired) electrons. The van der Waals surface area contributed by atoms with E-state index in [1.54, 1.807) is 12.1 Å².